The van der Waals surface area contributed by atoms with E-state index >= 15 is 0 Å². The molecule has 7 N–H and O–H groups in total. The fraction of sp³-hybridized carbons (Fsp3) is 0.429. The lowest BCUT2D eigenvalue weighted by molar-refractivity contribution is -0.759. The molecule has 8 nitrogen and oxygen atoms in total. The van der Waals surface area contributed by atoms with Gasteiger partial charge >= 0.3 is 5.96 Å². The molecular formula is C7H15N7OS. The first-order valence-electron chi connectivity index (χ1n) is 4.27. The molecule has 0 aromatic heterocycles. The standard InChI is InChI=1S/C4H11N5.C3H4N2OS/c1-9(2)4(7)8-3(5)6;4-3-5-2(6)1-7-3/h1-2H3,(H5,5,6,7,8);1H2,(H2,4,5,6). The number of quaternary nitrogens is 1. The number of hydrogen-bond acceptors (Lipinski definition) is 4. The number of thioether (sulfide) groups is 1. The van der Waals surface area contributed by atoms with E-state index in [1.54, 1.807) is 0 Å². The van der Waals surface area contributed by atoms with Gasteiger partial charge in [-0.2, -0.15) is 0 Å². The largest absolute Gasteiger partial charge is 0.861 e. The van der Waals surface area contributed by atoms with Gasteiger partial charge in [0, 0.05) is 5.75 Å². The molecule has 0 aromatic carbocycles. The van der Waals surface area contributed by atoms with Gasteiger partial charge in [0.25, 0.3) is 0 Å². The van der Waals surface area contributed by atoms with Crippen molar-refractivity contribution in [3.8, 4) is 0 Å². The summed E-state index contributed by atoms with van der Waals surface area (Å²) in [6.07, 6.45) is 0. The molecule has 0 unspecified atom stereocenters. The third-order valence-corrected chi connectivity index (χ3v) is 2.07. The van der Waals surface area contributed by atoms with Gasteiger partial charge < -0.3 is 16.6 Å². The normalized spacial score (nSPS) is 15.6. The summed E-state index contributed by atoms with van der Waals surface area (Å²) in [4.78, 5) is 7.66. The van der Waals surface area contributed by atoms with Gasteiger partial charge in [-0.3, -0.25) is 15.7 Å². The molecule has 90 valence electrons. The van der Waals surface area contributed by atoms with E-state index in [1.807, 2.05) is 14.1 Å². The van der Waals surface area contributed by atoms with Crippen molar-refractivity contribution < 1.29 is 10.0 Å². The number of amidine groups is 1. The molecule has 0 aromatic rings. The fourth-order valence-electron chi connectivity index (χ4n) is 0.549. The van der Waals surface area contributed by atoms with Crippen LogP contribution in [0, 0.1) is 10.8 Å². The van der Waals surface area contributed by atoms with Crippen LogP contribution < -0.4 is 21.5 Å². The highest BCUT2D eigenvalue weighted by Gasteiger charge is 2.01. The lowest BCUT2D eigenvalue weighted by atomic mass is 10.8. The lowest BCUT2D eigenvalue weighted by Gasteiger charge is -2.01. The van der Waals surface area contributed by atoms with Crippen molar-refractivity contribution in [3.63, 3.8) is 0 Å². The second-order valence-electron chi connectivity index (χ2n) is 2.98. The number of rotatable bonds is 0. The third-order valence-electron chi connectivity index (χ3n) is 1.31. The summed E-state index contributed by atoms with van der Waals surface area (Å²) >= 11 is 1.17. The summed E-state index contributed by atoms with van der Waals surface area (Å²) in [6.45, 7) is 0. The van der Waals surface area contributed by atoms with Crippen molar-refractivity contribution in [1.29, 1.82) is 10.8 Å². The van der Waals surface area contributed by atoms with E-state index < -0.39 is 0 Å². The summed E-state index contributed by atoms with van der Waals surface area (Å²) in [5.41, 5.74) is 10.2. The van der Waals surface area contributed by atoms with Crippen LogP contribution in [0.3, 0.4) is 0 Å². The van der Waals surface area contributed by atoms with Gasteiger partial charge in [-0.1, -0.05) is 11.8 Å². The van der Waals surface area contributed by atoms with Crippen LogP contribution in [-0.2, 0) is 0 Å². The molecule has 1 heterocycles. The Morgan fingerprint density at radius 1 is 1.56 bits per heavy atom. The second kappa shape index (κ2) is 6.80. The van der Waals surface area contributed by atoms with Crippen molar-refractivity contribution in [3.05, 3.63) is 0 Å². The van der Waals surface area contributed by atoms with Crippen molar-refractivity contribution in [1.82, 2.24) is 0 Å². The molecule has 0 atom stereocenters. The molecule has 0 saturated carbocycles. The van der Waals surface area contributed by atoms with Crippen LogP contribution in [0.2, 0.25) is 0 Å². The number of nitrogens with two attached hydrogens (primary N) is 2. The summed E-state index contributed by atoms with van der Waals surface area (Å²) in [5.74, 6) is 0.241. The Morgan fingerprint density at radius 3 is 2.25 bits per heavy atom. The predicted octanol–water partition coefficient (Wildman–Crippen LogP) is -3.23. The molecule has 1 aliphatic rings. The maximum absolute atomic E-state index is 10.1. The average molecular weight is 245 g/mol. The van der Waals surface area contributed by atoms with Gasteiger partial charge in [0.1, 0.15) is 0 Å². The summed E-state index contributed by atoms with van der Waals surface area (Å²) in [7, 11) is 3.61. The smallest absolute Gasteiger partial charge is 0.300 e. The Balaban J connectivity index is 0.000000288. The highest BCUT2D eigenvalue weighted by atomic mass is 32.2. The van der Waals surface area contributed by atoms with E-state index in [-0.39, 0.29) is 17.0 Å². The second-order valence-corrected chi connectivity index (χ2v) is 3.95. The van der Waals surface area contributed by atoms with Crippen molar-refractivity contribution in [2.75, 3.05) is 19.8 Å². The first-order valence-corrected chi connectivity index (χ1v) is 5.26. The molecule has 0 spiro atoms. The molecular weight excluding hydrogens is 230 g/mol. The number of aliphatic imine (C=N–C) groups is 2. The topological polar surface area (TPSA) is 152 Å². The first-order chi connectivity index (χ1) is 7.32. The molecule has 0 amide bonds. The monoisotopic (exact) mass is 245 g/mol. The van der Waals surface area contributed by atoms with Crippen LogP contribution >= 0.6 is 11.8 Å². The van der Waals surface area contributed by atoms with E-state index in [1.165, 1.54) is 11.8 Å². The van der Waals surface area contributed by atoms with Crippen LogP contribution in [0.25, 0.3) is 0 Å². The van der Waals surface area contributed by atoms with Crippen molar-refractivity contribution in [2.24, 2.45) is 21.5 Å². The molecule has 0 radical (unpaired) electrons. The van der Waals surface area contributed by atoms with Gasteiger partial charge in [0.2, 0.25) is 5.96 Å². The first kappa shape index (κ1) is 14.4. The van der Waals surface area contributed by atoms with Crippen LogP contribution in [0.15, 0.2) is 9.98 Å². The highest BCUT2D eigenvalue weighted by Crippen LogP contribution is 2.08. The molecule has 9 heteroatoms. The van der Waals surface area contributed by atoms with E-state index in [4.69, 9.17) is 22.3 Å². The molecule has 1 rings (SSSR count). The van der Waals surface area contributed by atoms with Crippen LogP contribution in [0.4, 0.5) is 0 Å². The van der Waals surface area contributed by atoms with E-state index in [2.05, 4.69) is 9.98 Å². The Bertz CT molecular complexity index is 336. The van der Waals surface area contributed by atoms with Crippen LogP contribution in [-0.4, -0.2) is 42.8 Å². The third kappa shape index (κ3) is 6.79. The number of nitrogens with zero attached hydrogens (tertiary/aromatic N) is 2. The fourth-order valence-corrected chi connectivity index (χ4v) is 1.04. The molecule has 1 aliphatic heterocycles. The minimum absolute atomic E-state index is 0.144. The van der Waals surface area contributed by atoms with Gasteiger partial charge in [0.15, 0.2) is 5.17 Å². The highest BCUT2D eigenvalue weighted by molar-refractivity contribution is 8.14. The summed E-state index contributed by atoms with van der Waals surface area (Å²) < 4.78 is 0. The van der Waals surface area contributed by atoms with Gasteiger partial charge in [-0.15, -0.1) is 4.99 Å². The summed E-state index contributed by atoms with van der Waals surface area (Å²) in [5, 5.41) is 23.7. The Hall–Kier alpha value is -1.61. The van der Waals surface area contributed by atoms with Crippen molar-refractivity contribution in [2.45, 2.75) is 0 Å². The molecule has 0 bridgehead atoms. The van der Waals surface area contributed by atoms with Gasteiger partial charge in [0.05, 0.1) is 14.1 Å². The van der Waals surface area contributed by atoms with Crippen LogP contribution in [0.1, 0.15) is 0 Å². The minimum atomic E-state index is -0.256. The number of guanidine groups is 2. The molecule has 0 saturated heterocycles. The Morgan fingerprint density at radius 2 is 2.12 bits per heavy atom. The van der Waals surface area contributed by atoms with Crippen molar-refractivity contribution >= 4 is 34.7 Å². The Labute approximate surface area is 97.4 Å². The quantitative estimate of drug-likeness (QED) is 0.225. The average Bonchev–Trinajstić information content (AvgIpc) is 2.49. The van der Waals surface area contributed by atoms with E-state index in [0.717, 1.165) is 4.90 Å². The van der Waals surface area contributed by atoms with E-state index in [0.29, 0.717) is 11.7 Å². The number of nitrogens with one attached hydrogen (secondary N) is 3. The lowest BCUT2D eigenvalue weighted by Crippen LogP contribution is -3.10. The molecule has 0 aliphatic carbocycles. The minimum Gasteiger partial charge on any atom is -0.861 e. The Kier molecular flexibility index (Phi) is 6.11. The maximum Gasteiger partial charge on any atom is 0.300 e. The number of hydrogen-bond donors (Lipinski definition) is 5. The molecule has 0 fully saturated rings. The van der Waals surface area contributed by atoms with Gasteiger partial charge in [-0.05, 0) is 5.90 Å². The SMILES string of the molecule is C[NH+](C)C(N)=NC(=N)N.N=C1N=C([O-])CS1. The van der Waals surface area contributed by atoms with Crippen LogP contribution in [0.5, 0.6) is 0 Å². The van der Waals surface area contributed by atoms with E-state index in [9.17, 15) is 5.11 Å². The zero-order valence-electron chi connectivity index (χ0n) is 9.07. The maximum atomic E-state index is 10.1. The zero-order valence-corrected chi connectivity index (χ0v) is 9.89. The summed E-state index contributed by atoms with van der Waals surface area (Å²) in [6, 6.07) is 0. The molecule has 16 heavy (non-hydrogen) atoms. The zero-order chi connectivity index (χ0) is 12.7. The predicted molar refractivity (Wildman–Crippen MR) is 64.0 cm³/mol. The van der Waals surface area contributed by atoms with Gasteiger partial charge in [-0.25, -0.2) is 4.99 Å².